The lowest BCUT2D eigenvalue weighted by Crippen LogP contribution is -2.07. The zero-order valence-electron chi connectivity index (χ0n) is 8.76. The van der Waals surface area contributed by atoms with Crippen LogP contribution in [0.1, 0.15) is 22.3 Å². The Morgan fingerprint density at radius 2 is 2.18 bits per heavy atom. The predicted molar refractivity (Wildman–Crippen MR) is 65.4 cm³/mol. The third kappa shape index (κ3) is 4.24. The summed E-state index contributed by atoms with van der Waals surface area (Å²) in [6.07, 6.45) is 0.280. The van der Waals surface area contributed by atoms with E-state index in [9.17, 15) is 13.6 Å². The molecule has 0 saturated carbocycles. The zero-order valence-corrected chi connectivity index (χ0v) is 11.1. The minimum atomic E-state index is -2.91. The van der Waals surface area contributed by atoms with Gasteiger partial charge in [-0.05, 0) is 17.7 Å². The molecule has 17 heavy (non-hydrogen) atoms. The van der Waals surface area contributed by atoms with Crippen LogP contribution < -0.4 is 4.74 Å². The number of rotatable bonds is 6. The summed E-state index contributed by atoms with van der Waals surface area (Å²) >= 11 is 8.83. The third-order valence-electron chi connectivity index (χ3n) is 2.07. The SMILES string of the molecule is O=C(CCBr)c1cc(OC(F)F)ccc1CCl. The van der Waals surface area contributed by atoms with Crippen molar-refractivity contribution in [2.24, 2.45) is 0 Å². The van der Waals surface area contributed by atoms with Gasteiger partial charge in [0.2, 0.25) is 0 Å². The summed E-state index contributed by atoms with van der Waals surface area (Å²) in [6.45, 7) is -2.91. The van der Waals surface area contributed by atoms with Crippen LogP contribution in [0.15, 0.2) is 18.2 Å². The Bertz CT molecular complexity index is 399. The van der Waals surface area contributed by atoms with Crippen molar-refractivity contribution >= 4 is 33.3 Å². The molecule has 0 radical (unpaired) electrons. The molecule has 1 rings (SSSR count). The Labute approximate surface area is 111 Å². The summed E-state index contributed by atoms with van der Waals surface area (Å²) < 4.78 is 28.3. The monoisotopic (exact) mass is 326 g/mol. The molecule has 0 heterocycles. The Kier molecular flexibility index (Phi) is 5.85. The summed E-state index contributed by atoms with van der Waals surface area (Å²) in [7, 11) is 0. The molecule has 0 aromatic heterocycles. The maximum atomic E-state index is 12.0. The fourth-order valence-electron chi connectivity index (χ4n) is 1.33. The number of ether oxygens (including phenoxy) is 1. The number of halogens is 4. The molecule has 0 atom stereocenters. The number of carbonyl (C=O) groups is 1. The molecule has 1 aromatic carbocycles. The van der Waals surface area contributed by atoms with Crippen molar-refractivity contribution in [2.75, 3.05) is 5.33 Å². The fraction of sp³-hybridized carbons (Fsp3) is 0.364. The second kappa shape index (κ2) is 6.91. The summed E-state index contributed by atoms with van der Waals surface area (Å²) in [5.74, 6) is -0.0396. The second-order valence-electron chi connectivity index (χ2n) is 3.19. The molecule has 0 amide bonds. The van der Waals surface area contributed by atoms with Gasteiger partial charge in [-0.25, -0.2) is 0 Å². The molecule has 2 nitrogen and oxygen atoms in total. The highest BCUT2D eigenvalue weighted by molar-refractivity contribution is 9.09. The standard InChI is InChI=1S/C11H10BrClF2O2/c12-4-3-10(16)9-5-8(17-11(14)15)2-1-7(9)6-13/h1-2,5,11H,3-4,6H2. The fourth-order valence-corrected chi connectivity index (χ4v) is 1.92. The molecule has 0 aliphatic carbocycles. The van der Waals surface area contributed by atoms with Crippen LogP contribution >= 0.6 is 27.5 Å². The lowest BCUT2D eigenvalue weighted by molar-refractivity contribution is -0.0498. The molecule has 0 aliphatic rings. The molecule has 0 fully saturated rings. The van der Waals surface area contributed by atoms with Crippen LogP contribution in [-0.4, -0.2) is 17.7 Å². The van der Waals surface area contributed by atoms with E-state index in [2.05, 4.69) is 20.7 Å². The van der Waals surface area contributed by atoms with Gasteiger partial charge in [0.1, 0.15) is 5.75 Å². The van der Waals surface area contributed by atoms with Crippen LogP contribution in [0.4, 0.5) is 8.78 Å². The summed E-state index contributed by atoms with van der Waals surface area (Å²) in [5.41, 5.74) is 0.942. The maximum Gasteiger partial charge on any atom is 0.387 e. The van der Waals surface area contributed by atoms with Gasteiger partial charge in [0.15, 0.2) is 5.78 Å². The lowest BCUT2D eigenvalue weighted by Gasteiger charge is -2.09. The first-order valence-electron chi connectivity index (χ1n) is 4.81. The number of ketones is 1. The molecule has 0 N–H and O–H groups in total. The molecular formula is C11H10BrClF2O2. The number of Topliss-reactive ketones (excluding diaryl/α,β-unsaturated/α-hetero) is 1. The van der Waals surface area contributed by atoms with E-state index >= 15 is 0 Å². The summed E-state index contributed by atoms with van der Waals surface area (Å²) in [5, 5.41) is 0.507. The van der Waals surface area contributed by atoms with Crippen molar-refractivity contribution in [3.8, 4) is 5.75 Å². The number of hydrogen-bond acceptors (Lipinski definition) is 2. The first-order chi connectivity index (χ1) is 8.08. The molecule has 6 heteroatoms. The Morgan fingerprint density at radius 1 is 1.47 bits per heavy atom. The normalized spacial score (nSPS) is 10.6. The first kappa shape index (κ1) is 14.4. The largest absolute Gasteiger partial charge is 0.435 e. The van der Waals surface area contributed by atoms with Gasteiger partial charge in [0.05, 0.1) is 0 Å². The third-order valence-corrected chi connectivity index (χ3v) is 2.76. The van der Waals surface area contributed by atoms with Gasteiger partial charge in [-0.2, -0.15) is 8.78 Å². The average Bonchev–Trinajstić information content (AvgIpc) is 2.28. The van der Waals surface area contributed by atoms with Crippen LogP contribution in [0.5, 0.6) is 5.75 Å². The molecular weight excluding hydrogens is 317 g/mol. The van der Waals surface area contributed by atoms with E-state index in [1.807, 2.05) is 0 Å². The Morgan fingerprint density at radius 3 is 2.71 bits per heavy atom. The van der Waals surface area contributed by atoms with Crippen LogP contribution in [0, 0.1) is 0 Å². The molecule has 0 saturated heterocycles. The first-order valence-corrected chi connectivity index (χ1v) is 6.47. The van der Waals surface area contributed by atoms with Gasteiger partial charge in [0, 0.05) is 23.2 Å². The average molecular weight is 328 g/mol. The molecule has 94 valence electrons. The minimum Gasteiger partial charge on any atom is -0.435 e. The van der Waals surface area contributed by atoms with E-state index in [1.54, 1.807) is 0 Å². The predicted octanol–water partition coefficient (Wildman–Crippen LogP) is 3.99. The molecule has 0 spiro atoms. The molecule has 0 unspecified atom stereocenters. The van der Waals surface area contributed by atoms with Crippen molar-refractivity contribution in [3.63, 3.8) is 0 Å². The number of carbonyl (C=O) groups excluding carboxylic acids is 1. The van der Waals surface area contributed by atoms with Crippen LogP contribution in [0.2, 0.25) is 0 Å². The van der Waals surface area contributed by atoms with Crippen LogP contribution in [0.25, 0.3) is 0 Å². The van der Waals surface area contributed by atoms with Crippen molar-refractivity contribution < 1.29 is 18.3 Å². The van der Waals surface area contributed by atoms with Gasteiger partial charge >= 0.3 is 6.61 Å². The van der Waals surface area contributed by atoms with Gasteiger partial charge in [0.25, 0.3) is 0 Å². The summed E-state index contributed by atoms with van der Waals surface area (Å²) in [4.78, 5) is 11.7. The Hall–Kier alpha value is -0.680. The number of hydrogen-bond donors (Lipinski definition) is 0. The number of alkyl halides is 4. The van der Waals surface area contributed by atoms with Crippen molar-refractivity contribution in [3.05, 3.63) is 29.3 Å². The lowest BCUT2D eigenvalue weighted by atomic mass is 10.0. The molecule has 0 aliphatic heterocycles. The highest BCUT2D eigenvalue weighted by Gasteiger charge is 2.13. The van der Waals surface area contributed by atoms with Gasteiger partial charge in [-0.1, -0.05) is 22.0 Å². The van der Waals surface area contributed by atoms with Crippen molar-refractivity contribution in [1.82, 2.24) is 0 Å². The number of benzene rings is 1. The van der Waals surface area contributed by atoms with Crippen molar-refractivity contribution in [1.29, 1.82) is 0 Å². The van der Waals surface area contributed by atoms with Crippen LogP contribution in [0.3, 0.4) is 0 Å². The smallest absolute Gasteiger partial charge is 0.387 e. The van der Waals surface area contributed by atoms with E-state index in [0.717, 1.165) is 0 Å². The molecule has 0 bridgehead atoms. The second-order valence-corrected chi connectivity index (χ2v) is 4.25. The Balaban J connectivity index is 3.01. The van der Waals surface area contributed by atoms with E-state index in [1.165, 1.54) is 18.2 Å². The quantitative estimate of drug-likeness (QED) is 0.583. The maximum absolute atomic E-state index is 12.0. The topological polar surface area (TPSA) is 26.3 Å². The molecule has 1 aromatic rings. The van der Waals surface area contributed by atoms with E-state index in [-0.39, 0.29) is 23.8 Å². The zero-order chi connectivity index (χ0) is 12.8. The van der Waals surface area contributed by atoms with E-state index in [4.69, 9.17) is 11.6 Å². The highest BCUT2D eigenvalue weighted by atomic mass is 79.9. The van der Waals surface area contributed by atoms with Gasteiger partial charge < -0.3 is 4.74 Å². The highest BCUT2D eigenvalue weighted by Crippen LogP contribution is 2.22. The van der Waals surface area contributed by atoms with Crippen molar-refractivity contribution in [2.45, 2.75) is 18.9 Å². The van der Waals surface area contributed by atoms with E-state index < -0.39 is 6.61 Å². The van der Waals surface area contributed by atoms with E-state index in [0.29, 0.717) is 16.5 Å². The van der Waals surface area contributed by atoms with Crippen LogP contribution in [-0.2, 0) is 5.88 Å². The minimum absolute atomic E-state index is 0.0354. The summed E-state index contributed by atoms with van der Waals surface area (Å²) in [6, 6.07) is 4.19. The van der Waals surface area contributed by atoms with Gasteiger partial charge in [-0.15, -0.1) is 11.6 Å². The van der Waals surface area contributed by atoms with Gasteiger partial charge in [-0.3, -0.25) is 4.79 Å².